The van der Waals surface area contributed by atoms with Crippen LogP contribution in [0.4, 0.5) is 0 Å². The molecule has 2 aromatic carbocycles. The smallest absolute Gasteiger partial charge is 0.253 e. The van der Waals surface area contributed by atoms with Crippen LogP contribution >= 0.6 is 0 Å². The third kappa shape index (κ3) is 3.23. The molecule has 4 nitrogen and oxygen atoms in total. The Morgan fingerprint density at radius 3 is 2.30 bits per heavy atom. The van der Waals surface area contributed by atoms with Gasteiger partial charge in [0.05, 0.1) is 6.04 Å². The average molecular weight is 403 g/mol. The van der Waals surface area contributed by atoms with Gasteiger partial charge in [0.1, 0.15) is 0 Å². The maximum atomic E-state index is 13.3. The predicted molar refractivity (Wildman–Crippen MR) is 117 cm³/mol. The highest BCUT2D eigenvalue weighted by atomic mass is 16.2. The van der Waals surface area contributed by atoms with Crippen molar-refractivity contribution in [1.82, 2.24) is 9.80 Å². The summed E-state index contributed by atoms with van der Waals surface area (Å²) in [6.45, 7) is 6.42. The molecule has 0 bridgehead atoms. The summed E-state index contributed by atoms with van der Waals surface area (Å²) in [4.78, 5) is 30.6. The minimum Gasteiger partial charge on any atom is -0.338 e. The Kier molecular flexibility index (Phi) is 4.88. The second kappa shape index (κ2) is 7.57. The third-order valence-corrected chi connectivity index (χ3v) is 7.49. The number of amides is 2. The maximum absolute atomic E-state index is 13.3. The number of nitrogens with zero attached hydrogens (tertiary/aromatic N) is 2. The molecule has 5 rings (SSSR count). The van der Waals surface area contributed by atoms with Crippen molar-refractivity contribution < 1.29 is 9.59 Å². The minimum atomic E-state index is 0.0834. The number of likely N-dealkylation sites (tertiary alicyclic amines) is 2. The summed E-state index contributed by atoms with van der Waals surface area (Å²) >= 11 is 0. The molecule has 0 aromatic heterocycles. The van der Waals surface area contributed by atoms with E-state index in [9.17, 15) is 9.59 Å². The number of carbonyl (C=O) groups excluding carboxylic acids is 2. The molecule has 1 saturated carbocycles. The SMILES string of the molecule is Cc1ccc(C(=O)N2C[C@H]3CN(C(=O)C4CCC4)[C@H](c4ccccc4C)[C@H]3C2)cc1. The summed E-state index contributed by atoms with van der Waals surface area (Å²) in [6.07, 6.45) is 3.23. The summed E-state index contributed by atoms with van der Waals surface area (Å²) < 4.78 is 0. The molecule has 3 fully saturated rings. The van der Waals surface area contributed by atoms with Crippen LogP contribution in [0.3, 0.4) is 0 Å². The zero-order chi connectivity index (χ0) is 20.8. The van der Waals surface area contributed by atoms with Crippen LogP contribution in [-0.4, -0.2) is 41.2 Å². The highest BCUT2D eigenvalue weighted by molar-refractivity contribution is 5.94. The van der Waals surface area contributed by atoms with E-state index in [2.05, 4.69) is 36.1 Å². The van der Waals surface area contributed by atoms with Gasteiger partial charge < -0.3 is 9.80 Å². The van der Waals surface area contributed by atoms with Gasteiger partial charge in [0.15, 0.2) is 0 Å². The molecule has 156 valence electrons. The normalized spacial score (nSPS) is 25.9. The number of benzene rings is 2. The molecule has 3 aliphatic rings. The van der Waals surface area contributed by atoms with Crippen molar-refractivity contribution in [3.05, 3.63) is 70.8 Å². The van der Waals surface area contributed by atoms with Crippen molar-refractivity contribution in [2.75, 3.05) is 19.6 Å². The van der Waals surface area contributed by atoms with Crippen molar-refractivity contribution in [1.29, 1.82) is 0 Å². The number of carbonyl (C=O) groups is 2. The summed E-state index contributed by atoms with van der Waals surface area (Å²) in [6, 6.07) is 16.4. The minimum absolute atomic E-state index is 0.0834. The van der Waals surface area contributed by atoms with Gasteiger partial charge in [-0.2, -0.15) is 0 Å². The molecular formula is C26H30N2O2. The average Bonchev–Trinajstić information content (AvgIpc) is 3.25. The van der Waals surface area contributed by atoms with Crippen molar-refractivity contribution in [3.63, 3.8) is 0 Å². The highest BCUT2D eigenvalue weighted by Gasteiger charge is 2.51. The second-order valence-electron chi connectivity index (χ2n) is 9.42. The standard InChI is InChI=1S/C26H30N2O2/c1-17-10-12-20(13-11-17)25(29)27-14-21-15-28(26(30)19-7-5-8-19)24(23(21)16-27)22-9-4-3-6-18(22)2/h3-4,6,9-13,19,21,23-24H,5,7-8,14-16H2,1-2H3/t21-,23-,24+/m0/s1. The van der Waals surface area contributed by atoms with Gasteiger partial charge in [0, 0.05) is 43.0 Å². The lowest BCUT2D eigenvalue weighted by atomic mass is 9.83. The van der Waals surface area contributed by atoms with Crippen LogP contribution in [0.25, 0.3) is 0 Å². The van der Waals surface area contributed by atoms with E-state index in [1.165, 1.54) is 17.5 Å². The Morgan fingerprint density at radius 2 is 1.63 bits per heavy atom. The molecule has 0 N–H and O–H groups in total. The first-order valence-electron chi connectivity index (χ1n) is 11.2. The zero-order valence-electron chi connectivity index (χ0n) is 17.9. The molecule has 0 spiro atoms. The Labute approximate surface area is 178 Å². The zero-order valence-corrected chi connectivity index (χ0v) is 17.9. The van der Waals surface area contributed by atoms with E-state index in [0.29, 0.717) is 17.7 Å². The number of aryl methyl sites for hydroxylation is 2. The quantitative estimate of drug-likeness (QED) is 0.765. The van der Waals surface area contributed by atoms with Crippen molar-refractivity contribution in [2.24, 2.45) is 17.8 Å². The van der Waals surface area contributed by atoms with Gasteiger partial charge in [-0.3, -0.25) is 9.59 Å². The van der Waals surface area contributed by atoms with Gasteiger partial charge in [-0.1, -0.05) is 48.4 Å². The topological polar surface area (TPSA) is 40.6 Å². The van der Waals surface area contributed by atoms with Crippen molar-refractivity contribution in [3.8, 4) is 0 Å². The molecule has 1 aliphatic carbocycles. The van der Waals surface area contributed by atoms with E-state index in [1.807, 2.05) is 36.1 Å². The van der Waals surface area contributed by atoms with Gasteiger partial charge in [0.25, 0.3) is 5.91 Å². The lowest BCUT2D eigenvalue weighted by molar-refractivity contribution is -0.139. The lowest BCUT2D eigenvalue weighted by Crippen LogP contribution is -2.42. The molecule has 2 heterocycles. The summed E-state index contributed by atoms with van der Waals surface area (Å²) in [5.41, 5.74) is 4.41. The monoisotopic (exact) mass is 402 g/mol. The molecule has 3 atom stereocenters. The van der Waals surface area contributed by atoms with E-state index in [4.69, 9.17) is 0 Å². The van der Waals surface area contributed by atoms with E-state index in [-0.39, 0.29) is 17.9 Å². The Bertz CT molecular complexity index is 963. The van der Waals surface area contributed by atoms with Crippen molar-refractivity contribution >= 4 is 11.8 Å². The second-order valence-corrected chi connectivity index (χ2v) is 9.42. The maximum Gasteiger partial charge on any atom is 0.253 e. The number of hydrogen-bond donors (Lipinski definition) is 0. The summed E-state index contributed by atoms with van der Waals surface area (Å²) in [5.74, 6) is 1.32. The fraction of sp³-hybridized carbons (Fsp3) is 0.462. The number of hydrogen-bond acceptors (Lipinski definition) is 2. The highest BCUT2D eigenvalue weighted by Crippen LogP contribution is 2.47. The molecule has 0 unspecified atom stereocenters. The van der Waals surface area contributed by atoms with Gasteiger partial charge in [-0.05, 0) is 49.9 Å². The molecule has 2 aliphatic heterocycles. The predicted octanol–water partition coefficient (Wildman–Crippen LogP) is 4.38. The summed E-state index contributed by atoms with van der Waals surface area (Å²) in [7, 11) is 0. The largest absolute Gasteiger partial charge is 0.338 e. The first-order valence-corrected chi connectivity index (χ1v) is 11.2. The molecule has 30 heavy (non-hydrogen) atoms. The van der Waals surface area contributed by atoms with Gasteiger partial charge >= 0.3 is 0 Å². The van der Waals surface area contributed by atoms with E-state index in [1.54, 1.807) is 0 Å². The van der Waals surface area contributed by atoms with Crippen molar-refractivity contribution in [2.45, 2.75) is 39.2 Å². The first kappa shape index (κ1) is 19.3. The molecule has 2 saturated heterocycles. The van der Waals surface area contributed by atoms with E-state index in [0.717, 1.165) is 43.6 Å². The number of rotatable bonds is 3. The fourth-order valence-corrected chi connectivity index (χ4v) is 5.52. The summed E-state index contributed by atoms with van der Waals surface area (Å²) in [5, 5.41) is 0. The molecule has 4 heteroatoms. The Balaban J connectivity index is 1.42. The van der Waals surface area contributed by atoms with Crippen LogP contribution in [0.1, 0.15) is 52.4 Å². The van der Waals surface area contributed by atoms with Gasteiger partial charge in [-0.25, -0.2) is 0 Å². The van der Waals surface area contributed by atoms with Crippen LogP contribution in [0.2, 0.25) is 0 Å². The molecule has 0 radical (unpaired) electrons. The van der Waals surface area contributed by atoms with Crippen LogP contribution < -0.4 is 0 Å². The van der Waals surface area contributed by atoms with Crippen LogP contribution in [0.15, 0.2) is 48.5 Å². The van der Waals surface area contributed by atoms with Crippen LogP contribution in [0, 0.1) is 31.6 Å². The molecule has 2 aromatic rings. The van der Waals surface area contributed by atoms with E-state index >= 15 is 0 Å². The van der Waals surface area contributed by atoms with Crippen LogP contribution in [-0.2, 0) is 4.79 Å². The van der Waals surface area contributed by atoms with Gasteiger partial charge in [-0.15, -0.1) is 0 Å². The third-order valence-electron chi connectivity index (χ3n) is 7.49. The Morgan fingerprint density at radius 1 is 0.900 bits per heavy atom. The van der Waals surface area contributed by atoms with Crippen LogP contribution in [0.5, 0.6) is 0 Å². The lowest BCUT2D eigenvalue weighted by Gasteiger charge is -2.35. The van der Waals surface area contributed by atoms with E-state index < -0.39 is 0 Å². The van der Waals surface area contributed by atoms with Gasteiger partial charge in [0.2, 0.25) is 5.91 Å². The molecule has 2 amide bonds. The fourth-order valence-electron chi connectivity index (χ4n) is 5.52. The number of fused-ring (bicyclic) bond motifs is 1. The first-order chi connectivity index (χ1) is 14.5. The molecular weight excluding hydrogens is 372 g/mol. The Hall–Kier alpha value is -2.62.